The highest BCUT2D eigenvalue weighted by atomic mass is 32.1. The molecular formula is C10H11F3O2S. The summed E-state index contributed by atoms with van der Waals surface area (Å²) in [5.74, 6) is 0.273. The maximum atomic E-state index is 12.3. The standard InChI is InChI=1S/C10H11F3O2S/c11-10(12,13)7-2-1-3-9(4-7)15-5-8(14)6-16/h1-4,8,14,16H,5-6H2. The van der Waals surface area contributed by atoms with Crippen LogP contribution in [-0.2, 0) is 6.18 Å². The zero-order valence-corrected chi connectivity index (χ0v) is 9.13. The van der Waals surface area contributed by atoms with E-state index in [4.69, 9.17) is 9.84 Å². The van der Waals surface area contributed by atoms with E-state index < -0.39 is 17.8 Å². The number of alkyl halides is 3. The number of halogens is 3. The number of ether oxygens (including phenoxy) is 1. The minimum atomic E-state index is -4.39. The molecule has 2 nitrogen and oxygen atoms in total. The highest BCUT2D eigenvalue weighted by Gasteiger charge is 2.30. The van der Waals surface area contributed by atoms with Gasteiger partial charge in [-0.25, -0.2) is 0 Å². The van der Waals surface area contributed by atoms with E-state index in [1.165, 1.54) is 12.1 Å². The molecule has 1 aromatic carbocycles. The molecule has 0 bridgehead atoms. The number of thiol groups is 1. The van der Waals surface area contributed by atoms with Crippen molar-refractivity contribution < 1.29 is 23.0 Å². The first kappa shape index (κ1) is 13.2. The predicted molar refractivity (Wildman–Crippen MR) is 56.8 cm³/mol. The van der Waals surface area contributed by atoms with Gasteiger partial charge in [0.1, 0.15) is 12.4 Å². The van der Waals surface area contributed by atoms with Crippen LogP contribution in [0.15, 0.2) is 24.3 Å². The summed E-state index contributed by atoms with van der Waals surface area (Å²) in [6.45, 7) is -0.0786. The fraction of sp³-hybridized carbons (Fsp3) is 0.400. The fourth-order valence-electron chi connectivity index (χ4n) is 1.01. The average molecular weight is 252 g/mol. The van der Waals surface area contributed by atoms with Crippen molar-refractivity contribution in [1.82, 2.24) is 0 Å². The predicted octanol–water partition coefficient (Wildman–Crippen LogP) is 2.37. The van der Waals surface area contributed by atoms with E-state index in [0.717, 1.165) is 12.1 Å². The molecule has 1 rings (SSSR count). The molecule has 16 heavy (non-hydrogen) atoms. The molecule has 0 spiro atoms. The van der Waals surface area contributed by atoms with Crippen molar-refractivity contribution in [3.63, 3.8) is 0 Å². The van der Waals surface area contributed by atoms with Crippen molar-refractivity contribution in [2.24, 2.45) is 0 Å². The minimum absolute atomic E-state index is 0.0786. The van der Waals surface area contributed by atoms with Gasteiger partial charge < -0.3 is 9.84 Å². The summed E-state index contributed by atoms with van der Waals surface area (Å²) < 4.78 is 41.9. The van der Waals surface area contributed by atoms with Gasteiger partial charge in [-0.05, 0) is 18.2 Å². The maximum Gasteiger partial charge on any atom is 0.416 e. The van der Waals surface area contributed by atoms with Gasteiger partial charge in [-0.1, -0.05) is 6.07 Å². The van der Waals surface area contributed by atoms with E-state index in [9.17, 15) is 13.2 Å². The normalized spacial score (nSPS) is 13.6. The van der Waals surface area contributed by atoms with Crippen LogP contribution in [-0.4, -0.2) is 23.6 Å². The molecule has 0 heterocycles. The summed E-state index contributed by atoms with van der Waals surface area (Å²) >= 11 is 3.82. The quantitative estimate of drug-likeness (QED) is 0.806. The molecule has 0 aliphatic rings. The van der Waals surface area contributed by atoms with Crippen molar-refractivity contribution in [2.45, 2.75) is 12.3 Å². The third kappa shape index (κ3) is 3.94. The fourth-order valence-corrected chi connectivity index (χ4v) is 1.11. The Morgan fingerprint density at radius 3 is 2.62 bits per heavy atom. The van der Waals surface area contributed by atoms with Gasteiger partial charge in [0.15, 0.2) is 0 Å². The van der Waals surface area contributed by atoms with Crippen LogP contribution in [0.3, 0.4) is 0 Å². The van der Waals surface area contributed by atoms with Crippen molar-refractivity contribution in [3.8, 4) is 5.75 Å². The molecule has 0 saturated carbocycles. The topological polar surface area (TPSA) is 29.5 Å². The van der Waals surface area contributed by atoms with Gasteiger partial charge in [0.2, 0.25) is 0 Å². The van der Waals surface area contributed by atoms with Crippen molar-refractivity contribution in [3.05, 3.63) is 29.8 Å². The van der Waals surface area contributed by atoms with Gasteiger partial charge in [0.05, 0.1) is 11.7 Å². The van der Waals surface area contributed by atoms with Crippen LogP contribution >= 0.6 is 12.6 Å². The molecule has 0 aliphatic carbocycles. The Bertz CT molecular complexity index is 341. The van der Waals surface area contributed by atoms with Gasteiger partial charge in [0, 0.05) is 5.75 Å². The maximum absolute atomic E-state index is 12.3. The van der Waals surface area contributed by atoms with Gasteiger partial charge in [-0.15, -0.1) is 0 Å². The van der Waals surface area contributed by atoms with Crippen LogP contribution in [0, 0.1) is 0 Å². The smallest absolute Gasteiger partial charge is 0.416 e. The number of aliphatic hydroxyl groups is 1. The zero-order valence-electron chi connectivity index (χ0n) is 8.24. The summed E-state index contributed by atoms with van der Waals surface area (Å²) in [4.78, 5) is 0. The average Bonchev–Trinajstić information content (AvgIpc) is 2.25. The molecule has 0 aliphatic heterocycles. The lowest BCUT2D eigenvalue weighted by atomic mass is 10.2. The van der Waals surface area contributed by atoms with Crippen LogP contribution in [0.5, 0.6) is 5.75 Å². The lowest BCUT2D eigenvalue weighted by Gasteiger charge is -2.12. The van der Waals surface area contributed by atoms with Gasteiger partial charge in [-0.3, -0.25) is 0 Å². The first-order valence-corrected chi connectivity index (χ1v) is 5.15. The van der Waals surface area contributed by atoms with Crippen LogP contribution < -0.4 is 4.74 Å². The molecule has 90 valence electrons. The molecule has 1 N–H and O–H groups in total. The molecule has 6 heteroatoms. The Morgan fingerprint density at radius 1 is 1.38 bits per heavy atom. The molecule has 0 saturated heterocycles. The summed E-state index contributed by atoms with van der Waals surface area (Å²) in [7, 11) is 0. The van der Waals surface area contributed by atoms with Crippen LogP contribution in [0.1, 0.15) is 5.56 Å². The Kier molecular flexibility index (Phi) is 4.49. The Hall–Kier alpha value is -0.880. The number of benzene rings is 1. The van der Waals surface area contributed by atoms with E-state index in [1.54, 1.807) is 0 Å². The molecule has 0 amide bonds. The Balaban J connectivity index is 2.68. The molecule has 0 radical (unpaired) electrons. The van der Waals surface area contributed by atoms with Crippen LogP contribution in [0.25, 0.3) is 0 Å². The highest BCUT2D eigenvalue weighted by Crippen LogP contribution is 2.31. The number of rotatable bonds is 4. The SMILES string of the molecule is OC(CS)COc1cccc(C(F)(F)F)c1. The summed E-state index contributed by atoms with van der Waals surface area (Å²) in [6, 6.07) is 4.51. The Labute approximate surface area is 96.5 Å². The number of aliphatic hydroxyl groups excluding tert-OH is 1. The molecule has 1 atom stereocenters. The second kappa shape index (κ2) is 5.45. The largest absolute Gasteiger partial charge is 0.491 e. The van der Waals surface area contributed by atoms with E-state index in [2.05, 4.69) is 12.6 Å². The molecule has 1 aromatic rings. The van der Waals surface area contributed by atoms with E-state index in [1.807, 2.05) is 0 Å². The van der Waals surface area contributed by atoms with Crippen molar-refractivity contribution >= 4 is 12.6 Å². The van der Waals surface area contributed by atoms with Gasteiger partial charge in [-0.2, -0.15) is 25.8 Å². The first-order chi connectivity index (χ1) is 7.43. The van der Waals surface area contributed by atoms with Gasteiger partial charge in [0.25, 0.3) is 0 Å². The molecule has 0 fully saturated rings. The lowest BCUT2D eigenvalue weighted by molar-refractivity contribution is -0.137. The number of hydrogen-bond donors (Lipinski definition) is 2. The van der Waals surface area contributed by atoms with Crippen LogP contribution in [0.2, 0.25) is 0 Å². The Morgan fingerprint density at radius 2 is 2.06 bits per heavy atom. The summed E-state index contributed by atoms with van der Waals surface area (Å²) in [5, 5.41) is 9.12. The van der Waals surface area contributed by atoms with E-state index in [0.29, 0.717) is 0 Å². The van der Waals surface area contributed by atoms with E-state index in [-0.39, 0.29) is 18.1 Å². The second-order valence-corrected chi connectivity index (χ2v) is 3.54. The monoisotopic (exact) mass is 252 g/mol. The lowest BCUT2D eigenvalue weighted by Crippen LogP contribution is -2.19. The first-order valence-electron chi connectivity index (χ1n) is 4.52. The molecule has 0 aromatic heterocycles. The van der Waals surface area contributed by atoms with Crippen LogP contribution in [0.4, 0.5) is 13.2 Å². The van der Waals surface area contributed by atoms with Crippen molar-refractivity contribution in [2.75, 3.05) is 12.4 Å². The summed E-state index contributed by atoms with van der Waals surface area (Å²) in [5.41, 5.74) is -0.773. The van der Waals surface area contributed by atoms with Gasteiger partial charge >= 0.3 is 6.18 Å². The minimum Gasteiger partial charge on any atom is -0.491 e. The highest BCUT2D eigenvalue weighted by molar-refractivity contribution is 7.80. The third-order valence-corrected chi connectivity index (χ3v) is 2.24. The second-order valence-electron chi connectivity index (χ2n) is 3.17. The zero-order chi connectivity index (χ0) is 12.2. The van der Waals surface area contributed by atoms with Crippen molar-refractivity contribution in [1.29, 1.82) is 0 Å². The van der Waals surface area contributed by atoms with E-state index >= 15 is 0 Å². The number of hydrogen-bond acceptors (Lipinski definition) is 3. The molecular weight excluding hydrogens is 241 g/mol. The third-order valence-electron chi connectivity index (χ3n) is 1.81. The summed E-state index contributed by atoms with van der Waals surface area (Å²) in [6.07, 6.45) is -5.18. The molecule has 1 unspecified atom stereocenters.